The SMILES string of the molecule is [18O]=P([18OH])([18OH])OCCc1ccccc1. The second kappa shape index (κ2) is 4.53. The van der Waals surface area contributed by atoms with Gasteiger partial charge in [0, 0.05) is 0 Å². The van der Waals surface area contributed by atoms with Crippen molar-refractivity contribution in [2.75, 3.05) is 6.61 Å². The first kappa shape index (κ1) is 10.4. The molecule has 72 valence electrons. The molecule has 0 saturated carbocycles. The Labute approximate surface area is 76.4 Å². The molecule has 0 spiro atoms. The second-order valence-electron chi connectivity index (χ2n) is 2.56. The number of hydrogen-bond donors (Lipinski definition) is 2. The Bertz CT molecular complexity index is 292. The Balaban J connectivity index is 2.33. The van der Waals surface area contributed by atoms with Gasteiger partial charge in [0.2, 0.25) is 0 Å². The van der Waals surface area contributed by atoms with Gasteiger partial charge >= 0.3 is 7.82 Å². The summed E-state index contributed by atoms with van der Waals surface area (Å²) in [5, 5.41) is 0. The number of benzene rings is 1. The van der Waals surface area contributed by atoms with Gasteiger partial charge in [0.05, 0.1) is 6.61 Å². The van der Waals surface area contributed by atoms with Crippen LogP contribution in [0.2, 0.25) is 0 Å². The van der Waals surface area contributed by atoms with Crippen molar-refractivity contribution in [3.05, 3.63) is 35.9 Å². The van der Waals surface area contributed by atoms with Gasteiger partial charge < -0.3 is 9.79 Å². The van der Waals surface area contributed by atoms with E-state index in [1.807, 2.05) is 30.3 Å². The Morgan fingerprint density at radius 2 is 1.85 bits per heavy atom. The van der Waals surface area contributed by atoms with Crippen molar-refractivity contribution in [2.24, 2.45) is 0 Å². The summed E-state index contributed by atoms with van der Waals surface area (Å²) in [6, 6.07) is 9.37. The van der Waals surface area contributed by atoms with Crippen molar-refractivity contribution >= 4 is 7.82 Å². The molecule has 0 aromatic heterocycles. The highest BCUT2D eigenvalue weighted by molar-refractivity contribution is 7.46. The summed E-state index contributed by atoms with van der Waals surface area (Å²) in [6.45, 7) is 0.0360. The predicted octanol–water partition coefficient (Wildman–Crippen LogP) is 1.34. The van der Waals surface area contributed by atoms with Crippen molar-refractivity contribution in [1.82, 2.24) is 0 Å². The number of hydrogen-bond acceptors (Lipinski definition) is 2. The number of phosphoric ester groups is 1. The van der Waals surface area contributed by atoms with Crippen molar-refractivity contribution in [3.8, 4) is 0 Å². The molecule has 0 atom stereocenters. The van der Waals surface area contributed by atoms with Gasteiger partial charge in [-0.3, -0.25) is 4.52 Å². The topological polar surface area (TPSA) is 66.8 Å². The average molecular weight is 208 g/mol. The van der Waals surface area contributed by atoms with Gasteiger partial charge in [-0.1, -0.05) is 30.3 Å². The summed E-state index contributed by atoms with van der Waals surface area (Å²) in [7, 11) is -4.30. The van der Waals surface area contributed by atoms with E-state index in [2.05, 4.69) is 4.52 Å². The molecule has 0 aliphatic rings. The lowest BCUT2D eigenvalue weighted by Gasteiger charge is -2.04. The van der Waals surface area contributed by atoms with Crippen LogP contribution in [0.4, 0.5) is 0 Å². The summed E-state index contributed by atoms with van der Waals surface area (Å²) in [6.07, 6.45) is 0.506. The molecule has 0 bridgehead atoms. The summed E-state index contributed by atoms with van der Waals surface area (Å²) in [5.74, 6) is 0. The highest BCUT2D eigenvalue weighted by Crippen LogP contribution is 2.35. The predicted molar refractivity (Wildman–Crippen MR) is 48.1 cm³/mol. The zero-order chi connectivity index (χ0) is 9.73. The fourth-order valence-electron chi connectivity index (χ4n) is 0.927. The highest BCUT2D eigenvalue weighted by Gasteiger charge is 2.12. The molecular formula is C8H11O4P. The first-order valence-corrected chi connectivity index (χ1v) is 5.35. The van der Waals surface area contributed by atoms with E-state index in [0.717, 1.165) is 5.56 Å². The van der Waals surface area contributed by atoms with Crippen LogP contribution in [0.5, 0.6) is 0 Å². The molecule has 0 heterocycles. The van der Waals surface area contributed by atoms with Gasteiger partial charge in [0.25, 0.3) is 0 Å². The maximum absolute atomic E-state index is 10.3. The third kappa shape index (κ3) is 4.80. The summed E-state index contributed by atoms with van der Waals surface area (Å²) >= 11 is 0. The van der Waals surface area contributed by atoms with Crippen molar-refractivity contribution < 1.29 is 18.9 Å². The second-order valence-corrected chi connectivity index (χ2v) is 3.80. The normalized spacial score (nSPS) is 11.5. The van der Waals surface area contributed by atoms with Crippen LogP contribution in [-0.2, 0) is 15.5 Å². The van der Waals surface area contributed by atoms with Crippen LogP contribution in [0.25, 0.3) is 0 Å². The Hall–Kier alpha value is -0.670. The summed E-state index contributed by atoms with van der Waals surface area (Å²) in [4.78, 5) is 16.8. The minimum absolute atomic E-state index is 0.0360. The molecule has 1 aromatic rings. The van der Waals surface area contributed by atoms with Crippen LogP contribution < -0.4 is 0 Å². The molecule has 1 rings (SSSR count). The summed E-state index contributed by atoms with van der Waals surface area (Å²) < 4.78 is 14.6. The van der Waals surface area contributed by atoms with Gasteiger partial charge in [-0.25, -0.2) is 4.57 Å². The molecule has 0 fully saturated rings. The molecule has 0 aliphatic carbocycles. The van der Waals surface area contributed by atoms with Gasteiger partial charge in [-0.05, 0) is 12.0 Å². The molecular weight excluding hydrogens is 197 g/mol. The van der Waals surface area contributed by atoms with Crippen LogP contribution in [0.3, 0.4) is 0 Å². The van der Waals surface area contributed by atoms with Crippen LogP contribution >= 0.6 is 7.82 Å². The third-order valence-corrected chi connectivity index (χ3v) is 2.01. The van der Waals surface area contributed by atoms with Gasteiger partial charge in [-0.2, -0.15) is 0 Å². The quantitative estimate of drug-likeness (QED) is 0.578. The van der Waals surface area contributed by atoms with E-state index in [1.54, 1.807) is 0 Å². The lowest BCUT2D eigenvalue weighted by atomic mass is 10.2. The van der Waals surface area contributed by atoms with E-state index in [1.165, 1.54) is 0 Å². The molecule has 2 N–H and O–H groups in total. The molecule has 0 radical (unpaired) electrons. The Kier molecular flexibility index (Phi) is 3.63. The zero-order valence-corrected chi connectivity index (χ0v) is 7.85. The van der Waals surface area contributed by atoms with Crippen LogP contribution in [0, 0.1) is 0 Å². The minimum Gasteiger partial charge on any atom is -0.303 e. The van der Waals surface area contributed by atoms with Crippen LogP contribution in [0.15, 0.2) is 30.3 Å². The number of rotatable bonds is 4. The van der Waals surface area contributed by atoms with Gasteiger partial charge in [0.15, 0.2) is 0 Å². The molecule has 13 heavy (non-hydrogen) atoms. The maximum atomic E-state index is 10.3. The van der Waals surface area contributed by atoms with E-state index in [0.29, 0.717) is 6.42 Å². The molecule has 4 nitrogen and oxygen atoms in total. The van der Waals surface area contributed by atoms with E-state index < -0.39 is 7.82 Å². The third-order valence-electron chi connectivity index (χ3n) is 1.49. The van der Waals surface area contributed by atoms with Gasteiger partial charge in [-0.15, -0.1) is 0 Å². The average Bonchev–Trinajstić information content (AvgIpc) is 2.04. The van der Waals surface area contributed by atoms with Crippen molar-refractivity contribution in [2.45, 2.75) is 6.42 Å². The number of phosphoric acid groups is 1. The minimum atomic E-state index is -4.30. The van der Waals surface area contributed by atoms with Crippen molar-refractivity contribution in [1.29, 1.82) is 0 Å². The van der Waals surface area contributed by atoms with Gasteiger partial charge in [0.1, 0.15) is 0 Å². The van der Waals surface area contributed by atoms with E-state index in [-0.39, 0.29) is 6.61 Å². The lowest BCUT2D eigenvalue weighted by molar-refractivity contribution is 0.199. The van der Waals surface area contributed by atoms with E-state index in [4.69, 9.17) is 9.79 Å². The molecule has 0 amide bonds. The maximum Gasteiger partial charge on any atom is 0.469 e. The lowest BCUT2D eigenvalue weighted by Crippen LogP contribution is -1.96. The first-order chi connectivity index (χ1) is 6.08. The molecule has 0 aliphatic heterocycles. The fraction of sp³-hybridized carbons (Fsp3) is 0.250. The molecule has 0 saturated heterocycles. The molecule has 5 heteroatoms. The fourth-order valence-corrected chi connectivity index (χ4v) is 1.26. The van der Waals surface area contributed by atoms with E-state index >= 15 is 0 Å². The standard InChI is InChI=1S/C8H11O4P/c9-13(10,11)12-7-6-8-4-2-1-3-5-8/h1-5H,6-7H2,(H2,9,10,11)/i9+2,10+2,11+2. The Morgan fingerprint density at radius 1 is 1.23 bits per heavy atom. The first-order valence-electron chi connectivity index (χ1n) is 3.82. The van der Waals surface area contributed by atoms with E-state index in [9.17, 15) is 4.57 Å². The molecule has 0 unspecified atom stereocenters. The zero-order valence-electron chi connectivity index (χ0n) is 6.96. The smallest absolute Gasteiger partial charge is 0.303 e. The molecule has 1 aromatic carbocycles. The highest BCUT2D eigenvalue weighted by atomic mass is 31.2. The monoisotopic (exact) mass is 208 g/mol. The van der Waals surface area contributed by atoms with Crippen molar-refractivity contribution in [3.63, 3.8) is 0 Å². The summed E-state index contributed by atoms with van der Waals surface area (Å²) in [5.41, 5.74) is 0.996. The Morgan fingerprint density at radius 3 is 2.38 bits per heavy atom. The largest absolute Gasteiger partial charge is 0.469 e. The van der Waals surface area contributed by atoms with Crippen LogP contribution in [-0.4, -0.2) is 16.4 Å². The van der Waals surface area contributed by atoms with Crippen LogP contribution in [0.1, 0.15) is 5.56 Å².